The fourth-order valence-corrected chi connectivity index (χ4v) is 2.80. The molecule has 1 aliphatic heterocycles. The molecule has 1 amide bonds. The number of nitrogens with zero attached hydrogens (tertiary/aromatic N) is 1. The molecule has 2 aliphatic rings. The minimum Gasteiger partial charge on any atom is -0.480 e. The Hall–Kier alpha value is -1.06. The lowest BCUT2D eigenvalue weighted by molar-refractivity contribution is -0.167. The maximum Gasteiger partial charge on any atom is 0.319 e. The van der Waals surface area contributed by atoms with Crippen LogP contribution in [0.2, 0.25) is 0 Å². The molecule has 0 bridgehead atoms. The summed E-state index contributed by atoms with van der Waals surface area (Å²) in [4.78, 5) is 25.4. The van der Waals surface area contributed by atoms with Crippen LogP contribution in [0.15, 0.2) is 0 Å². The van der Waals surface area contributed by atoms with Crippen molar-refractivity contribution in [2.24, 2.45) is 5.41 Å². The smallest absolute Gasteiger partial charge is 0.319 e. The van der Waals surface area contributed by atoms with E-state index >= 15 is 0 Å². The number of rotatable bonds is 2. The molecule has 96 valence electrons. The van der Waals surface area contributed by atoms with Gasteiger partial charge >= 0.3 is 5.97 Å². The van der Waals surface area contributed by atoms with E-state index in [1.165, 1.54) is 6.42 Å². The highest BCUT2D eigenvalue weighted by Gasteiger charge is 2.52. The van der Waals surface area contributed by atoms with Crippen LogP contribution in [0.4, 0.5) is 0 Å². The highest BCUT2D eigenvalue weighted by atomic mass is 16.4. The molecule has 1 saturated heterocycles. The molecule has 4 heteroatoms. The number of hydrogen-bond donors (Lipinski definition) is 1. The van der Waals surface area contributed by atoms with E-state index in [9.17, 15) is 14.7 Å². The summed E-state index contributed by atoms with van der Waals surface area (Å²) in [7, 11) is 0. The SMILES string of the molecule is O=C(O)C1(C(=O)N2CCCCCCC2)CCC1. The van der Waals surface area contributed by atoms with Crippen molar-refractivity contribution in [3.05, 3.63) is 0 Å². The number of hydrogen-bond acceptors (Lipinski definition) is 2. The van der Waals surface area contributed by atoms with Crippen molar-refractivity contribution in [2.75, 3.05) is 13.1 Å². The summed E-state index contributed by atoms with van der Waals surface area (Å²) in [6.45, 7) is 1.49. The third kappa shape index (κ3) is 2.31. The molecule has 0 radical (unpaired) electrons. The van der Waals surface area contributed by atoms with Gasteiger partial charge in [-0.25, -0.2) is 0 Å². The zero-order valence-electron chi connectivity index (χ0n) is 10.3. The zero-order chi connectivity index (χ0) is 12.3. The summed E-state index contributed by atoms with van der Waals surface area (Å²) in [6, 6.07) is 0. The summed E-state index contributed by atoms with van der Waals surface area (Å²) < 4.78 is 0. The van der Waals surface area contributed by atoms with E-state index in [1.54, 1.807) is 4.90 Å². The quantitative estimate of drug-likeness (QED) is 0.750. The molecule has 0 atom stereocenters. The van der Waals surface area contributed by atoms with Gasteiger partial charge in [0.1, 0.15) is 5.41 Å². The van der Waals surface area contributed by atoms with Crippen molar-refractivity contribution in [1.29, 1.82) is 0 Å². The van der Waals surface area contributed by atoms with Gasteiger partial charge in [0, 0.05) is 13.1 Å². The summed E-state index contributed by atoms with van der Waals surface area (Å²) in [5, 5.41) is 9.26. The normalized spacial score (nSPS) is 24.4. The number of carboxylic acid groups (broad SMARTS) is 1. The topological polar surface area (TPSA) is 57.6 Å². The molecular formula is C13H21NO3. The van der Waals surface area contributed by atoms with Crippen molar-refractivity contribution in [3.8, 4) is 0 Å². The molecule has 0 aromatic carbocycles. The van der Waals surface area contributed by atoms with E-state index in [1.807, 2.05) is 0 Å². The lowest BCUT2D eigenvalue weighted by atomic mass is 9.67. The number of carboxylic acids is 1. The molecule has 17 heavy (non-hydrogen) atoms. The second-order valence-electron chi connectivity index (χ2n) is 5.30. The summed E-state index contributed by atoms with van der Waals surface area (Å²) in [6.07, 6.45) is 7.50. The largest absolute Gasteiger partial charge is 0.480 e. The Labute approximate surface area is 102 Å². The predicted molar refractivity (Wildman–Crippen MR) is 63.6 cm³/mol. The van der Waals surface area contributed by atoms with E-state index in [-0.39, 0.29) is 5.91 Å². The highest BCUT2D eigenvalue weighted by Crippen LogP contribution is 2.43. The van der Waals surface area contributed by atoms with E-state index in [2.05, 4.69) is 0 Å². The van der Waals surface area contributed by atoms with Gasteiger partial charge in [0.05, 0.1) is 0 Å². The summed E-state index contributed by atoms with van der Waals surface area (Å²) >= 11 is 0. The molecule has 4 nitrogen and oxygen atoms in total. The second-order valence-corrected chi connectivity index (χ2v) is 5.30. The molecule has 0 unspecified atom stereocenters. The lowest BCUT2D eigenvalue weighted by Gasteiger charge is -2.40. The van der Waals surface area contributed by atoms with Crippen LogP contribution in [0.1, 0.15) is 51.4 Å². The Morgan fingerprint density at radius 2 is 1.41 bits per heavy atom. The molecule has 0 aromatic heterocycles. The maximum atomic E-state index is 12.4. The predicted octanol–water partition coefficient (Wildman–Crippen LogP) is 2.03. The van der Waals surface area contributed by atoms with Gasteiger partial charge < -0.3 is 10.0 Å². The molecular weight excluding hydrogens is 218 g/mol. The standard InChI is InChI=1S/C13H21NO3/c15-11(13(12(16)17)7-6-8-13)14-9-4-2-1-3-5-10-14/h1-10H2,(H,16,17). The van der Waals surface area contributed by atoms with Crippen LogP contribution in [0.25, 0.3) is 0 Å². The highest BCUT2D eigenvalue weighted by molar-refractivity contribution is 6.02. The van der Waals surface area contributed by atoms with E-state index in [0.29, 0.717) is 12.8 Å². The van der Waals surface area contributed by atoms with Gasteiger partial charge in [0.25, 0.3) is 0 Å². The minimum atomic E-state index is -1.07. The second kappa shape index (κ2) is 5.07. The van der Waals surface area contributed by atoms with E-state index < -0.39 is 11.4 Å². The average molecular weight is 239 g/mol. The molecule has 1 heterocycles. The lowest BCUT2D eigenvalue weighted by Crippen LogP contribution is -2.53. The van der Waals surface area contributed by atoms with Crippen LogP contribution in [0.5, 0.6) is 0 Å². The third-order valence-corrected chi connectivity index (χ3v) is 4.17. The number of amides is 1. The van der Waals surface area contributed by atoms with E-state index in [4.69, 9.17) is 0 Å². The Morgan fingerprint density at radius 3 is 1.82 bits per heavy atom. The van der Waals surface area contributed by atoms with Gasteiger partial charge in [0.2, 0.25) is 5.91 Å². The van der Waals surface area contributed by atoms with Gasteiger partial charge in [-0.05, 0) is 25.7 Å². The number of carbonyl (C=O) groups is 2. The van der Waals surface area contributed by atoms with Crippen LogP contribution in [-0.2, 0) is 9.59 Å². The van der Waals surface area contributed by atoms with Crippen molar-refractivity contribution in [2.45, 2.75) is 51.4 Å². The molecule has 1 aliphatic carbocycles. The molecule has 2 fully saturated rings. The molecule has 2 rings (SSSR count). The molecule has 0 spiro atoms. The Bertz CT molecular complexity index is 302. The van der Waals surface area contributed by atoms with Crippen LogP contribution in [0.3, 0.4) is 0 Å². The van der Waals surface area contributed by atoms with Gasteiger partial charge in [-0.2, -0.15) is 0 Å². The Morgan fingerprint density at radius 1 is 0.882 bits per heavy atom. The first kappa shape index (κ1) is 12.4. The van der Waals surface area contributed by atoms with Crippen molar-refractivity contribution < 1.29 is 14.7 Å². The van der Waals surface area contributed by atoms with Crippen molar-refractivity contribution in [1.82, 2.24) is 4.90 Å². The van der Waals surface area contributed by atoms with Crippen LogP contribution >= 0.6 is 0 Å². The Balaban J connectivity index is 2.04. The zero-order valence-corrected chi connectivity index (χ0v) is 10.3. The molecule has 1 N–H and O–H groups in total. The first-order valence-electron chi connectivity index (χ1n) is 6.70. The maximum absolute atomic E-state index is 12.4. The van der Waals surface area contributed by atoms with Crippen LogP contribution in [-0.4, -0.2) is 35.0 Å². The number of likely N-dealkylation sites (tertiary alicyclic amines) is 1. The van der Waals surface area contributed by atoms with Gasteiger partial charge in [-0.3, -0.25) is 9.59 Å². The minimum absolute atomic E-state index is 0.127. The van der Waals surface area contributed by atoms with E-state index in [0.717, 1.165) is 45.2 Å². The third-order valence-electron chi connectivity index (χ3n) is 4.17. The monoisotopic (exact) mass is 239 g/mol. The molecule has 0 aromatic rings. The first-order valence-corrected chi connectivity index (χ1v) is 6.70. The van der Waals surface area contributed by atoms with Gasteiger partial charge in [-0.15, -0.1) is 0 Å². The van der Waals surface area contributed by atoms with Gasteiger partial charge in [-0.1, -0.05) is 25.7 Å². The fraction of sp³-hybridized carbons (Fsp3) is 0.846. The van der Waals surface area contributed by atoms with Gasteiger partial charge in [0.15, 0.2) is 0 Å². The van der Waals surface area contributed by atoms with Crippen LogP contribution in [0, 0.1) is 5.41 Å². The molecule has 1 saturated carbocycles. The number of aliphatic carboxylic acids is 1. The summed E-state index contributed by atoms with van der Waals surface area (Å²) in [5.41, 5.74) is -1.07. The van der Waals surface area contributed by atoms with Crippen LogP contribution < -0.4 is 0 Å². The summed E-state index contributed by atoms with van der Waals surface area (Å²) in [5.74, 6) is -1.05. The van der Waals surface area contributed by atoms with Crippen molar-refractivity contribution >= 4 is 11.9 Å². The fourth-order valence-electron chi connectivity index (χ4n) is 2.80. The number of carbonyl (C=O) groups excluding carboxylic acids is 1. The van der Waals surface area contributed by atoms with Crippen molar-refractivity contribution in [3.63, 3.8) is 0 Å². The Kier molecular flexibility index (Phi) is 3.69. The average Bonchev–Trinajstić information content (AvgIpc) is 2.13. The first-order chi connectivity index (χ1) is 8.17.